The number of hydrogen-bond acceptors (Lipinski definition) is 3. The van der Waals surface area contributed by atoms with E-state index in [9.17, 15) is 9.90 Å². The zero-order chi connectivity index (χ0) is 13.3. The van der Waals surface area contributed by atoms with E-state index in [4.69, 9.17) is 4.52 Å². The van der Waals surface area contributed by atoms with Crippen LogP contribution in [0.15, 0.2) is 39.6 Å². The highest BCUT2D eigenvalue weighted by molar-refractivity contribution is 5.21. The number of nitrogens with zero attached hydrogens (tertiary/aromatic N) is 1. The number of aromatic nitrogens is 2. The predicted molar refractivity (Wildman–Crippen MR) is 65.3 cm³/mol. The lowest BCUT2D eigenvalue weighted by Crippen LogP contribution is -2.48. The van der Waals surface area contributed by atoms with Crippen LogP contribution in [-0.2, 0) is 5.60 Å². The van der Waals surface area contributed by atoms with Crippen LogP contribution in [0.2, 0.25) is 0 Å². The number of hydrogen-bond donors (Lipinski definition) is 2. The molecule has 1 atom stereocenters. The largest absolute Gasteiger partial charge is 0.433 e. The van der Waals surface area contributed by atoms with Crippen molar-refractivity contribution in [3.05, 3.63) is 46.4 Å². The number of rotatable bonds is 3. The molecule has 0 aliphatic heterocycles. The van der Waals surface area contributed by atoms with E-state index in [1.165, 1.54) is 4.68 Å². The van der Waals surface area contributed by atoms with Crippen LogP contribution in [0.25, 0.3) is 5.69 Å². The van der Waals surface area contributed by atoms with Gasteiger partial charge in [-0.3, -0.25) is 4.52 Å². The summed E-state index contributed by atoms with van der Waals surface area (Å²) in [5.74, 6) is -0.119. The fourth-order valence-electron chi connectivity index (χ4n) is 1.74. The standard InChI is InChI=1S/C13H16N2O3/c1-9(2)13(3,17)11-12(16)18-14-15(11)10-7-5-4-6-8-10/h4-9,17H,1-3H3/p+1. The fraction of sp³-hybridized carbons (Fsp3) is 0.385. The quantitative estimate of drug-likeness (QED) is 0.800. The Labute approximate surface area is 105 Å². The van der Waals surface area contributed by atoms with E-state index in [0.29, 0.717) is 0 Å². The van der Waals surface area contributed by atoms with Crippen LogP contribution in [0.1, 0.15) is 26.5 Å². The van der Waals surface area contributed by atoms with Crippen LogP contribution in [0.5, 0.6) is 0 Å². The zero-order valence-electron chi connectivity index (χ0n) is 10.7. The first-order valence-electron chi connectivity index (χ1n) is 5.86. The Balaban J connectivity index is 2.63. The van der Waals surface area contributed by atoms with Crippen molar-refractivity contribution in [2.45, 2.75) is 26.4 Å². The lowest BCUT2D eigenvalue weighted by Gasteiger charge is -2.21. The number of aliphatic hydroxyl groups is 1. The Morgan fingerprint density at radius 3 is 2.50 bits per heavy atom. The Kier molecular flexibility index (Phi) is 3.09. The van der Waals surface area contributed by atoms with Gasteiger partial charge in [-0.1, -0.05) is 32.0 Å². The second-order valence-corrected chi connectivity index (χ2v) is 4.80. The Morgan fingerprint density at radius 1 is 1.33 bits per heavy atom. The van der Waals surface area contributed by atoms with Gasteiger partial charge in [0.2, 0.25) is 5.69 Å². The van der Waals surface area contributed by atoms with Crippen LogP contribution in [0, 0.1) is 5.92 Å². The van der Waals surface area contributed by atoms with E-state index >= 15 is 0 Å². The molecule has 1 aromatic carbocycles. The van der Waals surface area contributed by atoms with Crippen LogP contribution in [0.3, 0.4) is 0 Å². The maximum atomic E-state index is 11.8. The van der Waals surface area contributed by atoms with Crippen molar-refractivity contribution in [1.82, 2.24) is 5.27 Å². The average Bonchev–Trinajstić information content (AvgIpc) is 2.72. The molecule has 2 rings (SSSR count). The highest BCUT2D eigenvalue weighted by atomic mass is 16.5. The fourth-order valence-corrected chi connectivity index (χ4v) is 1.74. The van der Waals surface area contributed by atoms with E-state index in [-0.39, 0.29) is 11.6 Å². The van der Waals surface area contributed by atoms with Gasteiger partial charge in [-0.25, -0.2) is 4.79 Å². The molecule has 2 aromatic rings. The molecule has 2 N–H and O–H groups in total. The Bertz CT molecular complexity index is 582. The zero-order valence-corrected chi connectivity index (χ0v) is 10.7. The second kappa shape index (κ2) is 4.42. The van der Waals surface area contributed by atoms with E-state index in [1.807, 2.05) is 44.2 Å². The molecule has 5 nitrogen and oxygen atoms in total. The minimum absolute atomic E-state index is 0.119. The monoisotopic (exact) mass is 249 g/mol. The van der Waals surface area contributed by atoms with Crippen molar-refractivity contribution in [3.63, 3.8) is 0 Å². The molecule has 1 unspecified atom stereocenters. The number of para-hydroxylation sites is 1. The van der Waals surface area contributed by atoms with Crippen molar-refractivity contribution < 1.29 is 14.3 Å². The maximum Gasteiger partial charge on any atom is 0.433 e. The first-order chi connectivity index (χ1) is 8.44. The molecule has 1 heterocycles. The first-order valence-corrected chi connectivity index (χ1v) is 5.86. The lowest BCUT2D eigenvalue weighted by molar-refractivity contribution is -0.684. The van der Waals surface area contributed by atoms with E-state index in [2.05, 4.69) is 5.27 Å². The third kappa shape index (κ3) is 1.97. The number of aromatic amines is 1. The molecule has 0 spiro atoms. The first kappa shape index (κ1) is 12.6. The summed E-state index contributed by atoms with van der Waals surface area (Å²) in [5.41, 5.74) is -0.892. The third-order valence-electron chi connectivity index (χ3n) is 3.26. The Hall–Kier alpha value is -1.88. The predicted octanol–water partition coefficient (Wildman–Crippen LogP) is 1.11. The molecule has 96 valence electrons. The molecule has 0 saturated carbocycles. The maximum absolute atomic E-state index is 11.8. The Morgan fingerprint density at radius 2 is 1.94 bits per heavy atom. The molecule has 1 aromatic heterocycles. The second-order valence-electron chi connectivity index (χ2n) is 4.80. The smallest absolute Gasteiger partial charge is 0.378 e. The summed E-state index contributed by atoms with van der Waals surface area (Å²) >= 11 is 0. The van der Waals surface area contributed by atoms with Gasteiger partial charge in [-0.2, -0.15) is 0 Å². The summed E-state index contributed by atoms with van der Waals surface area (Å²) in [6.45, 7) is 5.31. The van der Waals surface area contributed by atoms with E-state index < -0.39 is 11.2 Å². The molecular formula is C13H17N2O3+. The van der Waals surface area contributed by atoms with E-state index in [1.54, 1.807) is 6.92 Å². The van der Waals surface area contributed by atoms with Crippen LogP contribution in [-0.4, -0.2) is 10.4 Å². The summed E-state index contributed by atoms with van der Waals surface area (Å²) in [6, 6.07) is 9.22. The van der Waals surface area contributed by atoms with Gasteiger partial charge in [0.1, 0.15) is 0 Å². The molecule has 0 fully saturated rings. The summed E-state index contributed by atoms with van der Waals surface area (Å²) in [4.78, 5) is 11.8. The summed E-state index contributed by atoms with van der Waals surface area (Å²) < 4.78 is 6.28. The van der Waals surface area contributed by atoms with Crippen LogP contribution in [0.4, 0.5) is 0 Å². The molecule has 0 bridgehead atoms. The van der Waals surface area contributed by atoms with Gasteiger partial charge in [0.15, 0.2) is 5.60 Å². The molecule has 18 heavy (non-hydrogen) atoms. The van der Waals surface area contributed by atoms with Crippen molar-refractivity contribution in [1.29, 1.82) is 0 Å². The molecule has 0 aliphatic rings. The third-order valence-corrected chi connectivity index (χ3v) is 3.26. The molecule has 5 heteroatoms. The van der Waals surface area contributed by atoms with Crippen molar-refractivity contribution in [2.24, 2.45) is 5.92 Å². The lowest BCUT2D eigenvalue weighted by atomic mass is 9.89. The van der Waals surface area contributed by atoms with Crippen molar-refractivity contribution >= 4 is 0 Å². The normalized spacial score (nSPS) is 14.7. The van der Waals surface area contributed by atoms with Gasteiger partial charge in [0.05, 0.1) is 0 Å². The molecule has 0 aliphatic carbocycles. The number of H-pyrrole nitrogens is 1. The van der Waals surface area contributed by atoms with Gasteiger partial charge in [-0.05, 0) is 22.8 Å². The number of nitrogens with one attached hydrogen (secondary N) is 1. The summed E-state index contributed by atoms with van der Waals surface area (Å²) in [6.07, 6.45) is 0. The highest BCUT2D eigenvalue weighted by Gasteiger charge is 2.43. The number of benzene rings is 1. The van der Waals surface area contributed by atoms with Gasteiger partial charge in [0, 0.05) is 12.1 Å². The topological polar surface area (TPSA) is 70.1 Å². The summed E-state index contributed by atoms with van der Waals surface area (Å²) in [5, 5.41) is 13.0. The average molecular weight is 249 g/mol. The van der Waals surface area contributed by atoms with Crippen LogP contribution < -0.4 is 10.3 Å². The van der Waals surface area contributed by atoms with Crippen molar-refractivity contribution in [2.75, 3.05) is 0 Å². The SMILES string of the molecule is CC(C)C(C)(O)c1c(=O)o[nH][n+]1-c1ccccc1. The van der Waals surface area contributed by atoms with E-state index in [0.717, 1.165) is 5.69 Å². The van der Waals surface area contributed by atoms with Crippen molar-refractivity contribution in [3.8, 4) is 5.69 Å². The van der Waals surface area contributed by atoms with Gasteiger partial charge < -0.3 is 5.11 Å². The molecular weight excluding hydrogens is 232 g/mol. The molecule has 0 radical (unpaired) electrons. The van der Waals surface area contributed by atoms with Gasteiger partial charge in [-0.15, -0.1) is 0 Å². The highest BCUT2D eigenvalue weighted by Crippen LogP contribution is 2.24. The van der Waals surface area contributed by atoms with Gasteiger partial charge in [0.25, 0.3) is 0 Å². The molecule has 0 saturated heterocycles. The van der Waals surface area contributed by atoms with Gasteiger partial charge >= 0.3 is 11.3 Å². The van der Waals surface area contributed by atoms with Crippen LogP contribution >= 0.6 is 0 Å². The summed E-state index contributed by atoms with van der Waals surface area (Å²) in [7, 11) is 0. The minimum atomic E-state index is -1.27. The molecule has 0 amide bonds. The minimum Gasteiger partial charge on any atom is -0.378 e.